The van der Waals surface area contributed by atoms with Crippen LogP contribution in [0.1, 0.15) is 102 Å². The summed E-state index contributed by atoms with van der Waals surface area (Å²) in [7, 11) is 0. The summed E-state index contributed by atoms with van der Waals surface area (Å²) in [6.07, 6.45) is 26.2. The molecule has 3 aromatic rings. The average molecular weight is 483 g/mol. The van der Waals surface area contributed by atoms with Crippen molar-refractivity contribution < 1.29 is 9.47 Å². The molecule has 0 spiro atoms. The molecule has 36 heavy (non-hydrogen) atoms. The Morgan fingerprint density at radius 3 is 1.31 bits per heavy atom. The van der Waals surface area contributed by atoms with Crippen LogP contribution in [0.3, 0.4) is 0 Å². The largest absolute Gasteiger partial charge is 0.492 e. The van der Waals surface area contributed by atoms with Crippen LogP contribution in [0.15, 0.2) is 36.4 Å². The van der Waals surface area contributed by atoms with E-state index in [1.807, 2.05) is 12.1 Å². The highest BCUT2D eigenvalue weighted by atomic mass is 16.5. The fourth-order valence-corrected chi connectivity index (χ4v) is 4.75. The number of hydrogen-bond donors (Lipinski definition) is 0. The zero-order valence-electron chi connectivity index (χ0n) is 22.3. The molecule has 3 aromatic carbocycles. The van der Waals surface area contributed by atoms with Crippen molar-refractivity contribution >= 4 is 21.5 Å². The molecule has 0 heterocycles. The highest BCUT2D eigenvalue weighted by Gasteiger charge is 2.17. The molecule has 0 aliphatic rings. The predicted molar refractivity (Wildman–Crippen MR) is 155 cm³/mol. The van der Waals surface area contributed by atoms with E-state index in [9.17, 15) is 0 Å². The molecule has 0 amide bonds. The standard InChI is InChI=1S/C34H42O2/c1-5-9-11-13-15-17-23-35-33-29-21-19-28(8-4)26-32(29)34(36-24-18-16-14-12-10-6-2)30-22-20-27(7-3)25-31(30)33/h3-4,19-22,25-26H,5-6,9-18,23-24H2,1-2H3. The van der Waals surface area contributed by atoms with Gasteiger partial charge in [-0.25, -0.2) is 0 Å². The summed E-state index contributed by atoms with van der Waals surface area (Å²) in [6, 6.07) is 12.2. The fourth-order valence-electron chi connectivity index (χ4n) is 4.75. The molecule has 0 aliphatic carbocycles. The Kier molecular flexibility index (Phi) is 11.5. The van der Waals surface area contributed by atoms with E-state index in [1.54, 1.807) is 0 Å². The van der Waals surface area contributed by atoms with Crippen LogP contribution in [0.5, 0.6) is 11.5 Å². The van der Waals surface area contributed by atoms with Gasteiger partial charge in [0.25, 0.3) is 0 Å². The number of benzene rings is 3. The first-order chi connectivity index (χ1) is 17.7. The van der Waals surface area contributed by atoms with Crippen LogP contribution >= 0.6 is 0 Å². The van der Waals surface area contributed by atoms with Crippen molar-refractivity contribution in [2.75, 3.05) is 13.2 Å². The molecule has 0 aliphatic heterocycles. The molecule has 0 atom stereocenters. The lowest BCUT2D eigenvalue weighted by atomic mass is 9.97. The minimum absolute atomic E-state index is 0.686. The summed E-state index contributed by atoms with van der Waals surface area (Å²) in [6.45, 7) is 5.86. The van der Waals surface area contributed by atoms with Gasteiger partial charge in [-0.05, 0) is 49.2 Å². The summed E-state index contributed by atoms with van der Waals surface area (Å²) in [5.41, 5.74) is 1.68. The molecule has 0 radical (unpaired) electrons. The molecule has 0 saturated heterocycles. The van der Waals surface area contributed by atoms with Gasteiger partial charge in [-0.3, -0.25) is 0 Å². The molecule has 0 bridgehead atoms. The molecule has 0 unspecified atom stereocenters. The maximum atomic E-state index is 6.47. The SMILES string of the molecule is C#Cc1ccc2c(OCCCCCCCC)c3cc(C#C)ccc3c(OCCCCCCCC)c2c1. The third-order valence-electron chi connectivity index (χ3n) is 6.84. The molecular weight excluding hydrogens is 440 g/mol. The van der Waals surface area contributed by atoms with E-state index in [0.29, 0.717) is 13.2 Å². The Bertz CT molecular complexity index is 1100. The van der Waals surface area contributed by atoms with Crippen molar-refractivity contribution in [3.05, 3.63) is 47.5 Å². The lowest BCUT2D eigenvalue weighted by Gasteiger charge is -2.18. The second-order valence-corrected chi connectivity index (χ2v) is 9.70. The smallest absolute Gasteiger partial charge is 0.135 e. The fraction of sp³-hybridized carbons (Fsp3) is 0.471. The lowest BCUT2D eigenvalue weighted by molar-refractivity contribution is 0.306. The van der Waals surface area contributed by atoms with Crippen molar-refractivity contribution in [2.45, 2.75) is 90.9 Å². The van der Waals surface area contributed by atoms with Gasteiger partial charge in [0, 0.05) is 32.7 Å². The number of fused-ring (bicyclic) bond motifs is 2. The second kappa shape index (κ2) is 15.1. The van der Waals surface area contributed by atoms with Crippen molar-refractivity contribution in [1.82, 2.24) is 0 Å². The summed E-state index contributed by atoms with van der Waals surface area (Å²) in [5.74, 6) is 7.32. The molecular formula is C34H42O2. The summed E-state index contributed by atoms with van der Waals surface area (Å²) < 4.78 is 12.9. The van der Waals surface area contributed by atoms with E-state index >= 15 is 0 Å². The second-order valence-electron chi connectivity index (χ2n) is 9.70. The van der Waals surface area contributed by atoms with Gasteiger partial charge in [-0.15, -0.1) is 12.8 Å². The Balaban J connectivity index is 1.91. The summed E-state index contributed by atoms with van der Waals surface area (Å²) in [4.78, 5) is 0. The van der Waals surface area contributed by atoms with Crippen molar-refractivity contribution in [3.8, 4) is 36.2 Å². The maximum Gasteiger partial charge on any atom is 0.135 e. The van der Waals surface area contributed by atoms with Crippen LogP contribution in [0.2, 0.25) is 0 Å². The van der Waals surface area contributed by atoms with E-state index in [0.717, 1.165) is 57.0 Å². The van der Waals surface area contributed by atoms with Crippen LogP contribution in [-0.2, 0) is 0 Å². The summed E-state index contributed by atoms with van der Waals surface area (Å²) >= 11 is 0. The molecule has 0 fully saturated rings. The average Bonchev–Trinajstić information content (AvgIpc) is 2.91. The van der Waals surface area contributed by atoms with Gasteiger partial charge in [0.1, 0.15) is 11.5 Å². The van der Waals surface area contributed by atoms with E-state index in [4.69, 9.17) is 22.3 Å². The number of terminal acetylenes is 2. The third kappa shape index (κ3) is 7.45. The number of rotatable bonds is 16. The van der Waals surface area contributed by atoms with Crippen LogP contribution in [-0.4, -0.2) is 13.2 Å². The highest BCUT2D eigenvalue weighted by Crippen LogP contribution is 2.43. The number of unbranched alkanes of at least 4 members (excludes halogenated alkanes) is 10. The Labute approximate surface area is 218 Å². The van der Waals surface area contributed by atoms with Crippen LogP contribution < -0.4 is 9.47 Å². The van der Waals surface area contributed by atoms with Gasteiger partial charge < -0.3 is 9.47 Å². The third-order valence-corrected chi connectivity index (χ3v) is 6.84. The lowest BCUT2D eigenvalue weighted by Crippen LogP contribution is -2.03. The van der Waals surface area contributed by atoms with E-state index < -0.39 is 0 Å². The minimum Gasteiger partial charge on any atom is -0.492 e. The monoisotopic (exact) mass is 482 g/mol. The predicted octanol–water partition coefficient (Wildman–Crippen LogP) is 9.43. The van der Waals surface area contributed by atoms with E-state index in [2.05, 4.69) is 50.0 Å². The molecule has 2 nitrogen and oxygen atoms in total. The van der Waals surface area contributed by atoms with Crippen molar-refractivity contribution in [3.63, 3.8) is 0 Å². The number of hydrogen-bond acceptors (Lipinski definition) is 2. The Morgan fingerprint density at radius 1 is 0.528 bits per heavy atom. The van der Waals surface area contributed by atoms with Crippen LogP contribution in [0, 0.1) is 24.7 Å². The van der Waals surface area contributed by atoms with Crippen molar-refractivity contribution in [2.24, 2.45) is 0 Å². The molecule has 3 rings (SSSR count). The van der Waals surface area contributed by atoms with E-state index in [1.165, 1.54) is 64.2 Å². The quantitative estimate of drug-likeness (QED) is 0.115. The Hall–Kier alpha value is -3.10. The van der Waals surface area contributed by atoms with Crippen LogP contribution in [0.4, 0.5) is 0 Å². The van der Waals surface area contributed by atoms with Gasteiger partial charge in [0.15, 0.2) is 0 Å². The zero-order valence-corrected chi connectivity index (χ0v) is 22.3. The molecule has 0 N–H and O–H groups in total. The van der Waals surface area contributed by atoms with Gasteiger partial charge in [0.05, 0.1) is 13.2 Å². The minimum atomic E-state index is 0.686. The molecule has 190 valence electrons. The van der Waals surface area contributed by atoms with Gasteiger partial charge in [-0.1, -0.05) is 89.9 Å². The Morgan fingerprint density at radius 2 is 0.917 bits per heavy atom. The summed E-state index contributed by atoms with van der Waals surface area (Å²) in [5, 5.41) is 4.07. The first kappa shape index (κ1) is 27.5. The van der Waals surface area contributed by atoms with Crippen molar-refractivity contribution in [1.29, 1.82) is 0 Å². The normalized spacial score (nSPS) is 10.9. The zero-order chi connectivity index (χ0) is 25.6. The first-order valence-corrected chi connectivity index (χ1v) is 14.0. The number of ether oxygens (including phenoxy) is 2. The van der Waals surface area contributed by atoms with Gasteiger partial charge in [-0.2, -0.15) is 0 Å². The molecule has 0 aromatic heterocycles. The first-order valence-electron chi connectivity index (χ1n) is 14.0. The maximum absolute atomic E-state index is 6.47. The van der Waals surface area contributed by atoms with Gasteiger partial charge in [0.2, 0.25) is 0 Å². The highest BCUT2D eigenvalue weighted by molar-refractivity contribution is 6.11. The topological polar surface area (TPSA) is 18.5 Å². The van der Waals surface area contributed by atoms with Gasteiger partial charge >= 0.3 is 0 Å². The van der Waals surface area contributed by atoms with Crippen LogP contribution in [0.25, 0.3) is 21.5 Å². The molecule has 0 saturated carbocycles. The molecule has 2 heteroatoms. The van der Waals surface area contributed by atoms with E-state index in [-0.39, 0.29) is 0 Å².